The van der Waals surface area contributed by atoms with E-state index in [1.54, 1.807) is 7.11 Å². The van der Waals surface area contributed by atoms with Crippen molar-refractivity contribution < 1.29 is 9.84 Å². The Kier molecular flexibility index (Phi) is 4.40. The summed E-state index contributed by atoms with van der Waals surface area (Å²) in [5, 5.41) is 9.14. The number of rotatable bonds is 6. The Balaban J connectivity index is 2.05. The molecule has 94 valence electrons. The van der Waals surface area contributed by atoms with E-state index >= 15 is 0 Å². The number of hydrogen-bond donors (Lipinski definition) is 1. The second-order valence-corrected chi connectivity index (χ2v) is 4.59. The van der Waals surface area contributed by atoms with Gasteiger partial charge in [0.25, 0.3) is 0 Å². The Morgan fingerprint density at radius 1 is 1.35 bits per heavy atom. The summed E-state index contributed by atoms with van der Waals surface area (Å²) < 4.78 is 5.37. The summed E-state index contributed by atoms with van der Waals surface area (Å²) in [5.41, 5.74) is 1.20. The summed E-state index contributed by atoms with van der Waals surface area (Å²) in [6.45, 7) is 1.85. The van der Waals surface area contributed by atoms with E-state index in [0.717, 1.165) is 18.8 Å². The van der Waals surface area contributed by atoms with Crippen LogP contribution in [0.15, 0.2) is 24.3 Å². The molecule has 17 heavy (non-hydrogen) atoms. The number of aliphatic hydroxyl groups excluding tert-OH is 1. The lowest BCUT2D eigenvalue weighted by Crippen LogP contribution is -2.41. The van der Waals surface area contributed by atoms with Crippen molar-refractivity contribution in [3.8, 4) is 5.75 Å². The number of nitrogens with zero attached hydrogens (tertiary/aromatic N) is 1. The Hall–Kier alpha value is -1.06. The number of ether oxygens (including phenoxy) is 1. The van der Waals surface area contributed by atoms with E-state index in [4.69, 9.17) is 9.84 Å². The average Bonchev–Trinajstić information content (AvgIpc) is 2.28. The highest BCUT2D eigenvalue weighted by molar-refractivity contribution is 5.33. The minimum Gasteiger partial charge on any atom is -0.496 e. The first kappa shape index (κ1) is 12.4. The molecule has 0 atom stereocenters. The molecule has 1 fully saturated rings. The van der Waals surface area contributed by atoms with Crippen LogP contribution >= 0.6 is 0 Å². The van der Waals surface area contributed by atoms with Crippen LogP contribution in [0, 0.1) is 0 Å². The van der Waals surface area contributed by atoms with Crippen molar-refractivity contribution >= 4 is 0 Å². The molecule has 3 heteroatoms. The zero-order valence-corrected chi connectivity index (χ0v) is 10.4. The van der Waals surface area contributed by atoms with Gasteiger partial charge in [-0.1, -0.05) is 24.6 Å². The molecule has 1 N–H and O–H groups in total. The van der Waals surface area contributed by atoms with Crippen LogP contribution in [0.1, 0.15) is 24.8 Å². The van der Waals surface area contributed by atoms with Gasteiger partial charge in [-0.2, -0.15) is 0 Å². The van der Waals surface area contributed by atoms with Crippen LogP contribution in [0.4, 0.5) is 0 Å². The number of hydrogen-bond acceptors (Lipinski definition) is 3. The molecular formula is C14H21NO2. The third-order valence-corrected chi connectivity index (χ3v) is 3.54. The molecule has 0 spiro atoms. The molecule has 1 aliphatic rings. The van der Waals surface area contributed by atoms with Crippen molar-refractivity contribution in [1.82, 2.24) is 4.90 Å². The highest BCUT2D eigenvalue weighted by Gasteiger charge is 2.24. The molecule has 0 bridgehead atoms. The second kappa shape index (κ2) is 6.03. The maximum atomic E-state index is 9.14. The van der Waals surface area contributed by atoms with Gasteiger partial charge in [0.1, 0.15) is 5.75 Å². The zero-order valence-electron chi connectivity index (χ0n) is 10.4. The van der Waals surface area contributed by atoms with E-state index in [-0.39, 0.29) is 6.61 Å². The highest BCUT2D eigenvalue weighted by atomic mass is 16.5. The molecule has 1 aromatic carbocycles. The van der Waals surface area contributed by atoms with Gasteiger partial charge in [0.05, 0.1) is 13.7 Å². The lowest BCUT2D eigenvalue weighted by atomic mass is 9.91. The van der Waals surface area contributed by atoms with Gasteiger partial charge < -0.3 is 9.84 Å². The number of aliphatic hydroxyl groups is 1. The van der Waals surface area contributed by atoms with Crippen molar-refractivity contribution in [2.75, 3.05) is 20.3 Å². The van der Waals surface area contributed by atoms with Crippen LogP contribution in [0.2, 0.25) is 0 Å². The van der Waals surface area contributed by atoms with Crippen molar-refractivity contribution in [3.63, 3.8) is 0 Å². The quantitative estimate of drug-likeness (QED) is 0.819. The summed E-state index contributed by atoms with van der Waals surface area (Å²) in [5.74, 6) is 0.940. The van der Waals surface area contributed by atoms with Crippen molar-refractivity contribution in [2.45, 2.75) is 31.8 Å². The standard InChI is InChI=1S/C14H21NO2/c1-17-14-8-3-2-5-12(14)11-15(9-10-16)13-6-4-7-13/h2-3,5,8,13,16H,4,6-7,9-11H2,1H3. The van der Waals surface area contributed by atoms with Crippen LogP contribution < -0.4 is 4.74 Å². The van der Waals surface area contributed by atoms with E-state index in [1.807, 2.05) is 18.2 Å². The van der Waals surface area contributed by atoms with Crippen molar-refractivity contribution in [2.24, 2.45) is 0 Å². The molecule has 0 amide bonds. The molecule has 0 heterocycles. The minimum atomic E-state index is 0.228. The van der Waals surface area contributed by atoms with Gasteiger partial charge >= 0.3 is 0 Å². The van der Waals surface area contributed by atoms with E-state index in [2.05, 4.69) is 11.0 Å². The first-order valence-electron chi connectivity index (χ1n) is 6.32. The summed E-state index contributed by atoms with van der Waals surface area (Å²) in [6, 6.07) is 8.76. The first-order valence-corrected chi connectivity index (χ1v) is 6.32. The van der Waals surface area contributed by atoms with Crippen LogP contribution in [0.3, 0.4) is 0 Å². The third-order valence-electron chi connectivity index (χ3n) is 3.54. The molecule has 0 aliphatic heterocycles. The van der Waals surface area contributed by atoms with Gasteiger partial charge in [-0.25, -0.2) is 0 Å². The fourth-order valence-electron chi connectivity index (χ4n) is 2.32. The van der Waals surface area contributed by atoms with Gasteiger partial charge in [0.2, 0.25) is 0 Å². The van der Waals surface area contributed by atoms with Crippen LogP contribution in [0.25, 0.3) is 0 Å². The molecule has 0 aromatic heterocycles. The lowest BCUT2D eigenvalue weighted by molar-refractivity contribution is 0.0937. The minimum absolute atomic E-state index is 0.228. The molecule has 3 nitrogen and oxygen atoms in total. The smallest absolute Gasteiger partial charge is 0.123 e. The van der Waals surface area contributed by atoms with Gasteiger partial charge in [-0.3, -0.25) is 4.90 Å². The first-order chi connectivity index (χ1) is 8.35. The summed E-state index contributed by atoms with van der Waals surface area (Å²) in [7, 11) is 1.71. The number of para-hydroxylation sites is 1. The van der Waals surface area contributed by atoms with Crippen molar-refractivity contribution in [1.29, 1.82) is 0 Å². The zero-order chi connectivity index (χ0) is 12.1. The van der Waals surface area contributed by atoms with Gasteiger partial charge in [0.15, 0.2) is 0 Å². The molecule has 0 saturated heterocycles. The summed E-state index contributed by atoms with van der Waals surface area (Å²) in [4.78, 5) is 2.36. The van der Waals surface area contributed by atoms with E-state index in [1.165, 1.54) is 24.8 Å². The molecular weight excluding hydrogens is 214 g/mol. The normalized spacial score (nSPS) is 15.9. The fourth-order valence-corrected chi connectivity index (χ4v) is 2.32. The predicted molar refractivity (Wildman–Crippen MR) is 68.1 cm³/mol. The Bertz CT molecular complexity index is 350. The molecule has 0 unspecified atom stereocenters. The van der Waals surface area contributed by atoms with E-state index < -0.39 is 0 Å². The highest BCUT2D eigenvalue weighted by Crippen LogP contribution is 2.28. The molecule has 1 saturated carbocycles. The average molecular weight is 235 g/mol. The molecule has 1 aliphatic carbocycles. The van der Waals surface area contributed by atoms with Gasteiger partial charge in [0, 0.05) is 24.7 Å². The topological polar surface area (TPSA) is 32.7 Å². The SMILES string of the molecule is COc1ccccc1CN(CCO)C1CCC1. The Labute approximate surface area is 103 Å². The predicted octanol–water partition coefficient (Wildman–Crippen LogP) is 2.04. The summed E-state index contributed by atoms with van der Waals surface area (Å²) in [6.07, 6.45) is 3.84. The number of benzene rings is 1. The Morgan fingerprint density at radius 3 is 2.71 bits per heavy atom. The fraction of sp³-hybridized carbons (Fsp3) is 0.571. The maximum Gasteiger partial charge on any atom is 0.123 e. The molecule has 1 aromatic rings. The Morgan fingerprint density at radius 2 is 2.12 bits per heavy atom. The van der Waals surface area contributed by atoms with E-state index in [9.17, 15) is 0 Å². The third kappa shape index (κ3) is 2.99. The largest absolute Gasteiger partial charge is 0.496 e. The van der Waals surface area contributed by atoms with Crippen LogP contribution in [-0.4, -0.2) is 36.3 Å². The lowest BCUT2D eigenvalue weighted by Gasteiger charge is -2.37. The van der Waals surface area contributed by atoms with E-state index in [0.29, 0.717) is 6.04 Å². The molecule has 0 radical (unpaired) electrons. The molecule has 2 rings (SSSR count). The number of methoxy groups -OCH3 is 1. The second-order valence-electron chi connectivity index (χ2n) is 4.59. The van der Waals surface area contributed by atoms with Crippen LogP contribution in [-0.2, 0) is 6.54 Å². The summed E-state index contributed by atoms with van der Waals surface area (Å²) >= 11 is 0. The van der Waals surface area contributed by atoms with Gasteiger partial charge in [-0.05, 0) is 18.9 Å². The van der Waals surface area contributed by atoms with Gasteiger partial charge in [-0.15, -0.1) is 0 Å². The monoisotopic (exact) mass is 235 g/mol. The maximum absolute atomic E-state index is 9.14. The van der Waals surface area contributed by atoms with Crippen LogP contribution in [0.5, 0.6) is 5.75 Å². The van der Waals surface area contributed by atoms with Crippen molar-refractivity contribution in [3.05, 3.63) is 29.8 Å².